The Bertz CT molecular complexity index is 263. The highest BCUT2D eigenvalue weighted by Gasteiger charge is 2.08. The number of hydrogen-bond donors (Lipinski definition) is 3. The predicted molar refractivity (Wildman–Crippen MR) is 43.4 cm³/mol. The first-order valence-corrected chi connectivity index (χ1v) is 3.30. The first kappa shape index (κ1) is 8.51. The second-order valence-electron chi connectivity index (χ2n) is 2.11. The average Bonchev–Trinajstić information content (AvgIpc) is 2.07. The number of urea groups is 1. The molecule has 5 nitrogen and oxygen atoms in total. The monoisotopic (exact) mass is 167 g/mol. The van der Waals surface area contributed by atoms with E-state index >= 15 is 0 Å². The lowest BCUT2D eigenvalue weighted by molar-refractivity contribution is 0.157. The average molecular weight is 167 g/mol. The number of hydrogen-bond acceptors (Lipinski definition) is 3. The fourth-order valence-electron chi connectivity index (χ4n) is 0.811. The van der Waals surface area contributed by atoms with Crippen molar-refractivity contribution in [2.75, 3.05) is 5.01 Å². The third kappa shape index (κ3) is 1.71. The molecule has 0 fully saturated rings. The van der Waals surface area contributed by atoms with Crippen LogP contribution in [-0.4, -0.2) is 11.2 Å². The van der Waals surface area contributed by atoms with Crippen LogP contribution in [0.4, 0.5) is 10.5 Å². The molecule has 0 aliphatic carbocycles. The molecule has 12 heavy (non-hydrogen) atoms. The molecule has 0 unspecified atom stereocenters. The number of para-hydroxylation sites is 1. The number of nitrogens with one attached hydrogen (secondary N) is 1. The maximum atomic E-state index is 10.7. The van der Waals surface area contributed by atoms with E-state index in [1.54, 1.807) is 35.9 Å². The summed E-state index contributed by atoms with van der Waals surface area (Å²) in [5, 5.41) is 9.34. The molecule has 0 aromatic heterocycles. The highest BCUT2D eigenvalue weighted by Crippen LogP contribution is 2.09. The van der Waals surface area contributed by atoms with E-state index in [0.29, 0.717) is 5.69 Å². The maximum absolute atomic E-state index is 10.7. The Kier molecular flexibility index (Phi) is 2.62. The summed E-state index contributed by atoms with van der Waals surface area (Å²) >= 11 is 0. The summed E-state index contributed by atoms with van der Waals surface area (Å²) < 4.78 is 0. The van der Waals surface area contributed by atoms with Crippen LogP contribution < -0.4 is 16.3 Å². The number of carbonyl (C=O) groups excluding carboxylic acids is 1. The maximum Gasteiger partial charge on any atom is 0.335 e. The van der Waals surface area contributed by atoms with Crippen LogP contribution in [0.1, 0.15) is 0 Å². The van der Waals surface area contributed by atoms with Gasteiger partial charge >= 0.3 is 6.03 Å². The van der Waals surface area contributed by atoms with Gasteiger partial charge in [-0.2, -0.15) is 0 Å². The minimum Gasteiger partial charge on any atom is -0.350 e. The van der Waals surface area contributed by atoms with Gasteiger partial charge < -0.3 is 5.73 Å². The van der Waals surface area contributed by atoms with E-state index in [1.165, 1.54) is 0 Å². The topological polar surface area (TPSA) is 78.6 Å². The lowest BCUT2D eigenvalue weighted by Crippen LogP contribution is -2.44. The zero-order valence-electron chi connectivity index (χ0n) is 6.27. The van der Waals surface area contributed by atoms with Crippen LogP contribution in [0.15, 0.2) is 30.3 Å². The van der Waals surface area contributed by atoms with Crippen molar-refractivity contribution >= 4 is 11.7 Å². The Morgan fingerprint density at radius 2 is 2.00 bits per heavy atom. The van der Waals surface area contributed by atoms with Crippen molar-refractivity contribution < 1.29 is 10.0 Å². The molecule has 5 heteroatoms. The fraction of sp³-hybridized carbons (Fsp3) is 0. The Labute approximate surface area is 69.3 Å². The number of benzene rings is 1. The van der Waals surface area contributed by atoms with E-state index in [1.807, 2.05) is 0 Å². The standard InChI is InChI=1S/C7H9N3O2/c8-7(11)10(9-12)6-4-2-1-3-5-6/h1-5,9,12H,(H2,8,11). The van der Waals surface area contributed by atoms with Crippen molar-refractivity contribution in [3.05, 3.63) is 30.3 Å². The summed E-state index contributed by atoms with van der Waals surface area (Å²) in [4.78, 5) is 10.7. The molecule has 1 rings (SSSR count). The van der Waals surface area contributed by atoms with Gasteiger partial charge in [0.05, 0.1) is 5.69 Å². The number of amides is 2. The molecule has 1 aromatic carbocycles. The Balaban J connectivity index is 2.88. The number of rotatable bonds is 2. The summed E-state index contributed by atoms with van der Waals surface area (Å²) in [5.41, 5.74) is 7.10. The lowest BCUT2D eigenvalue weighted by atomic mass is 10.3. The van der Waals surface area contributed by atoms with Crippen molar-refractivity contribution in [1.82, 2.24) is 5.59 Å². The predicted octanol–water partition coefficient (Wildman–Crippen LogP) is 0.465. The molecule has 0 spiro atoms. The van der Waals surface area contributed by atoms with E-state index in [9.17, 15) is 4.79 Å². The molecule has 0 aliphatic heterocycles. The van der Waals surface area contributed by atoms with Gasteiger partial charge in [-0.25, -0.2) is 9.80 Å². The van der Waals surface area contributed by atoms with Gasteiger partial charge in [0.25, 0.3) is 0 Å². The Morgan fingerprint density at radius 3 is 2.42 bits per heavy atom. The summed E-state index contributed by atoms with van der Waals surface area (Å²) in [6.45, 7) is 0. The van der Waals surface area contributed by atoms with E-state index in [4.69, 9.17) is 10.9 Å². The molecular formula is C7H9N3O2. The van der Waals surface area contributed by atoms with Crippen LogP contribution in [0, 0.1) is 0 Å². The van der Waals surface area contributed by atoms with E-state index in [-0.39, 0.29) is 0 Å². The van der Waals surface area contributed by atoms with Crippen molar-refractivity contribution in [1.29, 1.82) is 0 Å². The third-order valence-corrected chi connectivity index (χ3v) is 1.33. The quantitative estimate of drug-likeness (QED) is 0.560. The lowest BCUT2D eigenvalue weighted by Gasteiger charge is -2.16. The van der Waals surface area contributed by atoms with Gasteiger partial charge in [0.2, 0.25) is 0 Å². The van der Waals surface area contributed by atoms with Crippen molar-refractivity contribution in [3.8, 4) is 0 Å². The number of carbonyl (C=O) groups is 1. The van der Waals surface area contributed by atoms with Crippen LogP contribution in [0.5, 0.6) is 0 Å². The Morgan fingerprint density at radius 1 is 1.42 bits per heavy atom. The highest BCUT2D eigenvalue weighted by atomic mass is 16.5. The molecular weight excluding hydrogens is 158 g/mol. The molecule has 0 atom stereocenters. The molecule has 0 radical (unpaired) electrons. The van der Waals surface area contributed by atoms with Crippen LogP contribution >= 0.6 is 0 Å². The van der Waals surface area contributed by atoms with Gasteiger partial charge in [0.15, 0.2) is 0 Å². The number of nitrogens with two attached hydrogens (primary N) is 1. The molecule has 2 amide bonds. The van der Waals surface area contributed by atoms with Crippen molar-refractivity contribution in [2.24, 2.45) is 5.73 Å². The van der Waals surface area contributed by atoms with Crippen LogP contribution in [0.25, 0.3) is 0 Å². The zero-order valence-corrected chi connectivity index (χ0v) is 6.27. The highest BCUT2D eigenvalue weighted by molar-refractivity contribution is 5.89. The fourth-order valence-corrected chi connectivity index (χ4v) is 0.811. The molecule has 4 N–H and O–H groups in total. The van der Waals surface area contributed by atoms with Crippen LogP contribution in [0.3, 0.4) is 0 Å². The second kappa shape index (κ2) is 3.70. The van der Waals surface area contributed by atoms with Crippen LogP contribution in [0.2, 0.25) is 0 Å². The van der Waals surface area contributed by atoms with E-state index in [2.05, 4.69) is 0 Å². The third-order valence-electron chi connectivity index (χ3n) is 1.33. The van der Waals surface area contributed by atoms with Crippen molar-refractivity contribution in [2.45, 2.75) is 0 Å². The summed E-state index contributed by atoms with van der Waals surface area (Å²) in [6, 6.07) is 7.73. The minimum absolute atomic E-state index is 0.479. The summed E-state index contributed by atoms with van der Waals surface area (Å²) in [5.74, 6) is 0. The second-order valence-corrected chi connectivity index (χ2v) is 2.11. The molecule has 64 valence electrons. The van der Waals surface area contributed by atoms with E-state index < -0.39 is 6.03 Å². The zero-order chi connectivity index (χ0) is 8.97. The normalized spacial score (nSPS) is 9.42. The van der Waals surface area contributed by atoms with Gasteiger partial charge in [-0.3, -0.25) is 5.21 Å². The van der Waals surface area contributed by atoms with Gasteiger partial charge in [-0.05, 0) is 12.1 Å². The molecule has 1 aromatic rings. The van der Waals surface area contributed by atoms with Gasteiger partial charge in [0.1, 0.15) is 0 Å². The molecule has 0 bridgehead atoms. The molecule has 0 aliphatic rings. The number of anilines is 1. The molecule has 0 saturated carbocycles. The number of nitrogens with zero attached hydrogens (tertiary/aromatic N) is 1. The van der Waals surface area contributed by atoms with Gasteiger partial charge in [0, 0.05) is 0 Å². The molecule has 0 saturated heterocycles. The number of hydrazine groups is 1. The SMILES string of the molecule is NC(=O)N(NO)c1ccccc1. The van der Waals surface area contributed by atoms with Gasteiger partial charge in [-0.15, -0.1) is 5.59 Å². The van der Waals surface area contributed by atoms with E-state index in [0.717, 1.165) is 5.01 Å². The smallest absolute Gasteiger partial charge is 0.335 e. The largest absolute Gasteiger partial charge is 0.350 e. The van der Waals surface area contributed by atoms with Gasteiger partial charge in [-0.1, -0.05) is 18.2 Å². The summed E-state index contributed by atoms with van der Waals surface area (Å²) in [7, 11) is 0. The van der Waals surface area contributed by atoms with Crippen LogP contribution in [-0.2, 0) is 0 Å². The minimum atomic E-state index is -0.774. The summed E-state index contributed by atoms with van der Waals surface area (Å²) in [6.07, 6.45) is 0. The molecule has 0 heterocycles. The first-order chi connectivity index (χ1) is 5.75. The van der Waals surface area contributed by atoms with Crippen molar-refractivity contribution in [3.63, 3.8) is 0 Å². The number of primary amides is 1. The Hall–Kier alpha value is -1.59. The first-order valence-electron chi connectivity index (χ1n) is 3.30.